The fourth-order valence-electron chi connectivity index (χ4n) is 2.71. The van der Waals surface area contributed by atoms with Crippen molar-refractivity contribution in [3.8, 4) is 0 Å². The van der Waals surface area contributed by atoms with Gasteiger partial charge in [0.2, 0.25) is 5.91 Å². The van der Waals surface area contributed by atoms with E-state index in [0.717, 1.165) is 5.56 Å². The Hall–Kier alpha value is -3.60. The van der Waals surface area contributed by atoms with Gasteiger partial charge in [0, 0.05) is 25.3 Å². The number of hydrogen-bond acceptors (Lipinski definition) is 5. The molecule has 0 bridgehead atoms. The lowest BCUT2D eigenvalue weighted by Crippen LogP contribution is -2.58. The number of carbonyl (C=O) groups excluding carboxylic acids is 2. The van der Waals surface area contributed by atoms with Crippen molar-refractivity contribution in [1.82, 2.24) is 10.2 Å². The van der Waals surface area contributed by atoms with Gasteiger partial charge >= 0.3 is 18.2 Å². The number of rotatable bonds is 4. The number of anilines is 1. The van der Waals surface area contributed by atoms with Crippen LogP contribution in [0, 0.1) is 0 Å². The van der Waals surface area contributed by atoms with E-state index in [1.165, 1.54) is 4.90 Å². The Morgan fingerprint density at radius 3 is 2.19 bits per heavy atom. The van der Waals surface area contributed by atoms with Crippen LogP contribution in [0.2, 0.25) is 0 Å². The Kier molecular flexibility index (Phi) is 9.02. The van der Waals surface area contributed by atoms with Gasteiger partial charge in [-0.05, 0) is 17.7 Å². The van der Waals surface area contributed by atoms with E-state index in [-0.39, 0.29) is 12.5 Å². The summed E-state index contributed by atoms with van der Waals surface area (Å²) in [5.41, 5.74) is 1.62. The molecular weight excluding hydrogens is 431 g/mol. The number of aliphatic carboxylic acids is 1. The summed E-state index contributed by atoms with van der Waals surface area (Å²) in [7, 11) is 0. The molecule has 1 fully saturated rings. The van der Waals surface area contributed by atoms with E-state index in [0.29, 0.717) is 25.3 Å². The third kappa shape index (κ3) is 7.91. The summed E-state index contributed by atoms with van der Waals surface area (Å²) in [5, 5.41) is 13.1. The van der Waals surface area contributed by atoms with Gasteiger partial charge in [0.25, 0.3) is 0 Å². The van der Waals surface area contributed by atoms with E-state index in [1.807, 2.05) is 60.7 Å². The predicted molar refractivity (Wildman–Crippen MR) is 109 cm³/mol. The molecule has 8 nitrogen and oxygen atoms in total. The monoisotopic (exact) mass is 453 g/mol. The highest BCUT2D eigenvalue weighted by Gasteiger charge is 2.38. The Labute approximate surface area is 182 Å². The molecule has 0 unspecified atom stereocenters. The molecule has 2 amide bonds. The molecule has 0 spiro atoms. The average molecular weight is 453 g/mol. The highest BCUT2D eigenvalue weighted by atomic mass is 19.4. The lowest BCUT2D eigenvalue weighted by molar-refractivity contribution is -0.192. The van der Waals surface area contributed by atoms with Gasteiger partial charge in [0.05, 0.1) is 0 Å². The second kappa shape index (κ2) is 11.7. The van der Waals surface area contributed by atoms with Crippen LogP contribution in [-0.2, 0) is 20.9 Å². The molecule has 1 atom stereocenters. The fourth-order valence-corrected chi connectivity index (χ4v) is 2.71. The Bertz CT molecular complexity index is 895. The summed E-state index contributed by atoms with van der Waals surface area (Å²) >= 11 is 0. The van der Waals surface area contributed by atoms with E-state index in [9.17, 15) is 22.8 Å². The predicted octanol–water partition coefficient (Wildman–Crippen LogP) is 2.87. The van der Waals surface area contributed by atoms with Crippen LogP contribution in [0.4, 0.5) is 23.7 Å². The van der Waals surface area contributed by atoms with Crippen molar-refractivity contribution in [2.24, 2.45) is 0 Å². The number of ether oxygens (including phenoxy) is 1. The molecule has 0 aromatic heterocycles. The van der Waals surface area contributed by atoms with Crippen LogP contribution < -0.4 is 10.6 Å². The van der Waals surface area contributed by atoms with E-state index < -0.39 is 24.3 Å². The van der Waals surface area contributed by atoms with E-state index in [2.05, 4.69) is 10.6 Å². The third-order valence-electron chi connectivity index (χ3n) is 4.27. The van der Waals surface area contributed by atoms with E-state index in [4.69, 9.17) is 14.6 Å². The van der Waals surface area contributed by atoms with Crippen molar-refractivity contribution in [1.29, 1.82) is 0 Å². The van der Waals surface area contributed by atoms with E-state index >= 15 is 0 Å². The van der Waals surface area contributed by atoms with Crippen molar-refractivity contribution in [2.45, 2.75) is 18.8 Å². The van der Waals surface area contributed by atoms with Gasteiger partial charge in [-0.25, -0.2) is 9.59 Å². The van der Waals surface area contributed by atoms with Gasteiger partial charge in [-0.15, -0.1) is 0 Å². The van der Waals surface area contributed by atoms with Crippen LogP contribution in [0.25, 0.3) is 0 Å². The number of halogens is 3. The molecule has 1 saturated heterocycles. The highest BCUT2D eigenvalue weighted by molar-refractivity contribution is 5.96. The molecule has 3 rings (SSSR count). The van der Waals surface area contributed by atoms with Gasteiger partial charge in [0.1, 0.15) is 12.6 Å². The Morgan fingerprint density at radius 1 is 1.06 bits per heavy atom. The van der Waals surface area contributed by atoms with Crippen LogP contribution in [-0.4, -0.2) is 59.8 Å². The van der Waals surface area contributed by atoms with Crippen molar-refractivity contribution >= 4 is 23.7 Å². The Morgan fingerprint density at radius 2 is 1.62 bits per heavy atom. The molecular formula is C21H22F3N3O5. The number of carboxylic acids is 1. The molecule has 1 aliphatic rings. The van der Waals surface area contributed by atoms with Crippen molar-refractivity contribution in [3.05, 3.63) is 66.2 Å². The van der Waals surface area contributed by atoms with E-state index in [1.54, 1.807) is 0 Å². The number of piperazine rings is 1. The minimum absolute atomic E-state index is 0.191. The molecule has 11 heteroatoms. The fraction of sp³-hybridized carbons (Fsp3) is 0.286. The standard InChI is InChI=1S/C19H21N3O3.C2HF3O2/c23-18(21-16-9-5-2-6-10-16)17-13-20-11-12-22(17)19(24)25-14-15-7-3-1-4-8-15;3-2(4,5)1(6)7/h1-10,17,20H,11-14H2,(H,21,23);(H,6,7)/t17-;/m0./s1. The largest absolute Gasteiger partial charge is 0.490 e. The smallest absolute Gasteiger partial charge is 0.475 e. The number of para-hydroxylation sites is 1. The summed E-state index contributed by atoms with van der Waals surface area (Å²) in [4.78, 5) is 35.4. The normalized spacial score (nSPS) is 15.7. The van der Waals surface area contributed by atoms with Crippen molar-refractivity contribution in [3.63, 3.8) is 0 Å². The average Bonchev–Trinajstić information content (AvgIpc) is 2.78. The number of nitrogens with zero attached hydrogens (tertiary/aromatic N) is 1. The quantitative estimate of drug-likeness (QED) is 0.657. The maximum absolute atomic E-state index is 12.6. The number of alkyl halides is 3. The first-order valence-electron chi connectivity index (χ1n) is 9.52. The molecule has 1 aliphatic heterocycles. The van der Waals surface area contributed by atoms with Crippen LogP contribution in [0.15, 0.2) is 60.7 Å². The SMILES string of the molecule is O=C(Nc1ccccc1)[C@@H]1CNCCN1C(=O)OCc1ccccc1.O=C(O)C(F)(F)F. The summed E-state index contributed by atoms with van der Waals surface area (Å²) in [6, 6.07) is 18.1. The number of amides is 2. The first-order valence-corrected chi connectivity index (χ1v) is 9.52. The van der Waals surface area contributed by atoms with Crippen molar-refractivity contribution < 1.29 is 37.4 Å². The minimum Gasteiger partial charge on any atom is -0.475 e. The topological polar surface area (TPSA) is 108 Å². The number of nitrogens with one attached hydrogen (secondary N) is 2. The molecule has 1 heterocycles. The summed E-state index contributed by atoms with van der Waals surface area (Å²) in [6.45, 7) is 1.66. The maximum atomic E-state index is 12.6. The zero-order valence-corrected chi connectivity index (χ0v) is 16.8. The lowest BCUT2D eigenvalue weighted by Gasteiger charge is -2.34. The van der Waals surface area contributed by atoms with Gasteiger partial charge in [0.15, 0.2) is 0 Å². The van der Waals surface area contributed by atoms with Crippen LogP contribution >= 0.6 is 0 Å². The summed E-state index contributed by atoms with van der Waals surface area (Å²) in [5.74, 6) is -2.98. The first-order chi connectivity index (χ1) is 15.2. The number of benzene rings is 2. The highest BCUT2D eigenvalue weighted by Crippen LogP contribution is 2.13. The molecule has 0 aliphatic carbocycles. The second-order valence-corrected chi connectivity index (χ2v) is 6.61. The first kappa shape index (κ1) is 24.7. The molecule has 2 aromatic carbocycles. The molecule has 0 radical (unpaired) electrons. The Balaban J connectivity index is 0.000000451. The van der Waals surface area contributed by atoms with Crippen LogP contribution in [0.5, 0.6) is 0 Å². The lowest BCUT2D eigenvalue weighted by atomic mass is 10.2. The van der Waals surface area contributed by atoms with Gasteiger partial charge in [-0.1, -0.05) is 48.5 Å². The van der Waals surface area contributed by atoms with Gasteiger partial charge in [-0.3, -0.25) is 9.69 Å². The summed E-state index contributed by atoms with van der Waals surface area (Å²) in [6.07, 6.45) is -5.56. The number of carbonyl (C=O) groups is 3. The summed E-state index contributed by atoms with van der Waals surface area (Å²) < 4.78 is 37.1. The van der Waals surface area contributed by atoms with Crippen molar-refractivity contribution in [2.75, 3.05) is 25.0 Å². The zero-order chi connectivity index (χ0) is 23.6. The number of hydrogen-bond donors (Lipinski definition) is 3. The third-order valence-corrected chi connectivity index (χ3v) is 4.27. The second-order valence-electron chi connectivity index (χ2n) is 6.61. The number of carboxylic acid groups (broad SMARTS) is 1. The molecule has 0 saturated carbocycles. The van der Waals surface area contributed by atoms with Gasteiger partial charge in [-0.2, -0.15) is 13.2 Å². The molecule has 32 heavy (non-hydrogen) atoms. The molecule has 3 N–H and O–H groups in total. The zero-order valence-electron chi connectivity index (χ0n) is 16.8. The van der Waals surface area contributed by atoms with Crippen LogP contribution in [0.1, 0.15) is 5.56 Å². The van der Waals surface area contributed by atoms with Gasteiger partial charge < -0.3 is 20.5 Å². The molecule has 2 aromatic rings. The molecule has 172 valence electrons. The van der Waals surface area contributed by atoms with Crippen LogP contribution in [0.3, 0.4) is 0 Å². The minimum atomic E-state index is -5.08. The maximum Gasteiger partial charge on any atom is 0.490 e.